The summed E-state index contributed by atoms with van der Waals surface area (Å²) in [4.78, 5) is 41.0. The molecule has 2 aliphatic heterocycles. The molecule has 174 valence electrons. The number of benzene rings is 1. The maximum absolute atomic E-state index is 12.8. The number of carbonyl (C=O) groups is 3. The van der Waals surface area contributed by atoms with E-state index in [0.717, 1.165) is 37.9 Å². The maximum Gasteiger partial charge on any atom is 0.411 e. The largest absolute Gasteiger partial charge is 0.480 e. The van der Waals surface area contributed by atoms with Crippen LogP contribution in [-0.2, 0) is 14.3 Å². The Morgan fingerprint density at radius 1 is 1.09 bits per heavy atom. The van der Waals surface area contributed by atoms with Crippen LogP contribution < -0.4 is 0 Å². The van der Waals surface area contributed by atoms with E-state index in [4.69, 9.17) is 4.74 Å². The minimum absolute atomic E-state index is 0.00625. The summed E-state index contributed by atoms with van der Waals surface area (Å²) < 4.78 is 5.46. The van der Waals surface area contributed by atoms with Crippen LogP contribution in [-0.4, -0.2) is 70.1 Å². The second-order valence-corrected chi connectivity index (χ2v) is 10.6. The molecule has 2 heterocycles. The summed E-state index contributed by atoms with van der Waals surface area (Å²) in [6, 6.07) is 9.24. The molecule has 1 saturated carbocycles. The second kappa shape index (κ2) is 8.50. The van der Waals surface area contributed by atoms with Gasteiger partial charge in [0.05, 0.1) is 0 Å². The summed E-state index contributed by atoms with van der Waals surface area (Å²) >= 11 is 0. The van der Waals surface area contributed by atoms with Gasteiger partial charge in [0, 0.05) is 24.9 Å². The van der Waals surface area contributed by atoms with Crippen LogP contribution in [0.3, 0.4) is 0 Å². The van der Waals surface area contributed by atoms with Crippen molar-refractivity contribution in [3.8, 4) is 0 Å². The van der Waals surface area contributed by atoms with E-state index >= 15 is 0 Å². The SMILES string of the molecule is CC(C)(C)OC(=O)N1C[C@@H](N2CCC3(CCC(=O)C3c3ccccc3)CC2)C[C@H]1C(=O)O. The standard InChI is InChI=1S/C25H34N2O5/c1-24(2,3)32-23(31)27-16-18(15-19(27)22(29)30)26-13-11-25(12-14-26)10-9-20(28)21(25)17-7-5-4-6-8-17/h4-8,18-19,21H,9-16H2,1-3H3,(H,29,30)/t18-,19-,21?/m0/s1. The number of nitrogens with zero attached hydrogens (tertiary/aromatic N) is 2. The average molecular weight is 443 g/mol. The Labute approximate surface area is 189 Å². The highest BCUT2D eigenvalue weighted by Gasteiger charge is 2.51. The molecule has 1 N–H and O–H groups in total. The summed E-state index contributed by atoms with van der Waals surface area (Å²) in [7, 11) is 0. The van der Waals surface area contributed by atoms with Crippen molar-refractivity contribution in [2.75, 3.05) is 19.6 Å². The van der Waals surface area contributed by atoms with E-state index in [1.54, 1.807) is 20.8 Å². The zero-order valence-electron chi connectivity index (χ0n) is 19.3. The van der Waals surface area contributed by atoms with Gasteiger partial charge in [0.1, 0.15) is 17.4 Å². The van der Waals surface area contributed by atoms with Crippen LogP contribution in [0.15, 0.2) is 30.3 Å². The number of ketones is 1. The molecule has 0 radical (unpaired) electrons. The van der Waals surface area contributed by atoms with Gasteiger partial charge in [-0.15, -0.1) is 0 Å². The van der Waals surface area contributed by atoms with E-state index in [1.807, 2.05) is 18.2 Å². The molecule has 2 saturated heterocycles. The first-order valence-corrected chi connectivity index (χ1v) is 11.6. The number of aliphatic carboxylic acids is 1. The Kier molecular flexibility index (Phi) is 6.05. The number of hydrogen-bond donors (Lipinski definition) is 1. The van der Waals surface area contributed by atoms with Crippen LogP contribution in [0.25, 0.3) is 0 Å². The Morgan fingerprint density at radius 3 is 2.34 bits per heavy atom. The molecule has 0 bridgehead atoms. The summed E-state index contributed by atoms with van der Waals surface area (Å²) in [6.07, 6.45) is 3.23. The summed E-state index contributed by atoms with van der Waals surface area (Å²) in [5.74, 6) is -0.690. The van der Waals surface area contributed by atoms with E-state index in [9.17, 15) is 19.5 Å². The number of carboxylic acid groups (broad SMARTS) is 1. The maximum atomic E-state index is 12.8. The van der Waals surface area contributed by atoms with Gasteiger partial charge in [-0.05, 0) is 70.5 Å². The van der Waals surface area contributed by atoms with Crippen LogP contribution in [0.4, 0.5) is 4.79 Å². The molecule has 3 fully saturated rings. The number of Topliss-reactive ketones (excluding diaryl/α,β-unsaturated/α-hetero) is 1. The number of amides is 1. The molecule has 1 aromatic rings. The quantitative estimate of drug-likeness (QED) is 0.768. The van der Waals surface area contributed by atoms with Crippen molar-refractivity contribution in [2.45, 2.75) is 76.5 Å². The Bertz CT molecular complexity index is 870. The normalized spacial score (nSPS) is 28.3. The number of carboxylic acids is 1. The number of ether oxygens (including phenoxy) is 1. The molecular weight excluding hydrogens is 408 g/mol. The molecule has 1 aromatic carbocycles. The lowest BCUT2D eigenvalue weighted by molar-refractivity contribution is -0.142. The van der Waals surface area contributed by atoms with Gasteiger partial charge in [0.25, 0.3) is 0 Å². The van der Waals surface area contributed by atoms with E-state index in [-0.39, 0.29) is 17.4 Å². The monoisotopic (exact) mass is 442 g/mol. The molecule has 3 atom stereocenters. The molecule has 3 aliphatic rings. The highest BCUT2D eigenvalue weighted by atomic mass is 16.6. The number of piperidine rings is 1. The summed E-state index contributed by atoms with van der Waals surface area (Å²) in [5, 5.41) is 9.70. The zero-order chi connectivity index (χ0) is 23.1. The third-order valence-corrected chi connectivity index (χ3v) is 7.44. The van der Waals surface area contributed by atoms with Crippen LogP contribution in [0.1, 0.15) is 64.4 Å². The fourth-order valence-electron chi connectivity index (χ4n) is 5.90. The molecule has 4 rings (SSSR count). The fraction of sp³-hybridized carbons (Fsp3) is 0.640. The number of rotatable bonds is 3. The van der Waals surface area contributed by atoms with Gasteiger partial charge in [-0.3, -0.25) is 14.6 Å². The van der Waals surface area contributed by atoms with Gasteiger partial charge in [-0.25, -0.2) is 9.59 Å². The van der Waals surface area contributed by atoms with Crippen molar-refractivity contribution in [3.63, 3.8) is 0 Å². The molecule has 0 aromatic heterocycles. The number of hydrogen-bond acceptors (Lipinski definition) is 5. The van der Waals surface area contributed by atoms with Crippen molar-refractivity contribution in [1.29, 1.82) is 0 Å². The minimum Gasteiger partial charge on any atom is -0.480 e. The van der Waals surface area contributed by atoms with E-state index in [1.165, 1.54) is 4.90 Å². The van der Waals surface area contributed by atoms with Crippen molar-refractivity contribution in [2.24, 2.45) is 5.41 Å². The zero-order valence-corrected chi connectivity index (χ0v) is 19.3. The molecule has 32 heavy (non-hydrogen) atoms. The molecule has 1 unspecified atom stereocenters. The van der Waals surface area contributed by atoms with Crippen molar-refractivity contribution >= 4 is 17.8 Å². The number of likely N-dealkylation sites (tertiary alicyclic amines) is 2. The van der Waals surface area contributed by atoms with E-state index in [0.29, 0.717) is 25.2 Å². The molecule has 1 spiro atoms. The van der Waals surface area contributed by atoms with Crippen LogP contribution in [0, 0.1) is 5.41 Å². The van der Waals surface area contributed by atoms with Gasteiger partial charge >= 0.3 is 12.1 Å². The summed E-state index contributed by atoms with van der Waals surface area (Å²) in [5.41, 5.74) is 0.438. The lowest BCUT2D eigenvalue weighted by Gasteiger charge is -2.44. The number of carbonyl (C=O) groups excluding carboxylic acids is 2. The first-order chi connectivity index (χ1) is 15.1. The van der Waals surface area contributed by atoms with Gasteiger partial charge in [-0.2, -0.15) is 0 Å². The Balaban J connectivity index is 1.44. The molecule has 1 amide bonds. The van der Waals surface area contributed by atoms with Crippen LogP contribution >= 0.6 is 0 Å². The van der Waals surface area contributed by atoms with E-state index in [2.05, 4.69) is 17.0 Å². The van der Waals surface area contributed by atoms with Gasteiger partial charge < -0.3 is 9.84 Å². The average Bonchev–Trinajstić information content (AvgIpc) is 3.31. The van der Waals surface area contributed by atoms with E-state index < -0.39 is 23.7 Å². The second-order valence-electron chi connectivity index (χ2n) is 10.6. The molecule has 7 heteroatoms. The third-order valence-electron chi connectivity index (χ3n) is 7.44. The third kappa shape index (κ3) is 4.40. The highest BCUT2D eigenvalue weighted by Crippen LogP contribution is 2.53. The van der Waals surface area contributed by atoms with Crippen molar-refractivity contribution in [3.05, 3.63) is 35.9 Å². The lowest BCUT2D eigenvalue weighted by atomic mass is 9.68. The van der Waals surface area contributed by atoms with Gasteiger partial charge in [0.15, 0.2) is 0 Å². The molecular formula is C25H34N2O5. The van der Waals surface area contributed by atoms with Gasteiger partial charge in [0.2, 0.25) is 0 Å². The molecule has 7 nitrogen and oxygen atoms in total. The van der Waals surface area contributed by atoms with Crippen LogP contribution in [0.5, 0.6) is 0 Å². The minimum atomic E-state index is -0.989. The lowest BCUT2D eigenvalue weighted by Crippen LogP contribution is -2.48. The first-order valence-electron chi connectivity index (χ1n) is 11.6. The van der Waals surface area contributed by atoms with Crippen LogP contribution in [0.2, 0.25) is 0 Å². The fourth-order valence-corrected chi connectivity index (χ4v) is 5.90. The first kappa shape index (κ1) is 22.8. The van der Waals surface area contributed by atoms with Crippen molar-refractivity contribution in [1.82, 2.24) is 9.80 Å². The smallest absolute Gasteiger partial charge is 0.411 e. The highest BCUT2D eigenvalue weighted by molar-refractivity contribution is 5.89. The topological polar surface area (TPSA) is 87.2 Å². The van der Waals surface area contributed by atoms with Gasteiger partial charge in [-0.1, -0.05) is 30.3 Å². The Morgan fingerprint density at radius 2 is 1.75 bits per heavy atom. The van der Waals surface area contributed by atoms with Crippen molar-refractivity contribution < 1.29 is 24.2 Å². The Hall–Kier alpha value is -2.41. The molecule has 1 aliphatic carbocycles. The predicted octanol–water partition coefficient (Wildman–Crippen LogP) is 3.68. The predicted molar refractivity (Wildman–Crippen MR) is 119 cm³/mol. The summed E-state index contributed by atoms with van der Waals surface area (Å²) in [6.45, 7) is 7.34.